The van der Waals surface area contributed by atoms with E-state index in [9.17, 15) is 4.79 Å². The summed E-state index contributed by atoms with van der Waals surface area (Å²) in [6.45, 7) is 2.43. The van der Waals surface area contributed by atoms with Crippen LogP contribution in [-0.2, 0) is 4.74 Å². The predicted octanol–water partition coefficient (Wildman–Crippen LogP) is 3.89. The molecule has 3 heteroatoms. The summed E-state index contributed by atoms with van der Waals surface area (Å²) in [7, 11) is 0. The van der Waals surface area contributed by atoms with Crippen LogP contribution in [0.2, 0.25) is 0 Å². The van der Waals surface area contributed by atoms with Gasteiger partial charge in [0.1, 0.15) is 0 Å². The molecule has 1 heterocycles. The van der Waals surface area contributed by atoms with Crippen molar-refractivity contribution in [1.29, 1.82) is 0 Å². The van der Waals surface area contributed by atoms with Crippen LogP contribution in [0.3, 0.4) is 0 Å². The number of nitrogens with one attached hydrogen (secondary N) is 1. The van der Waals surface area contributed by atoms with Gasteiger partial charge in [-0.25, -0.2) is 0 Å². The van der Waals surface area contributed by atoms with E-state index in [1.165, 1.54) is 37.7 Å². The Bertz CT molecular complexity index is 471. The molecule has 2 fully saturated rings. The first-order chi connectivity index (χ1) is 10.8. The van der Waals surface area contributed by atoms with Gasteiger partial charge in [-0.05, 0) is 55.2 Å². The highest BCUT2D eigenvalue weighted by molar-refractivity contribution is 5.94. The Balaban J connectivity index is 1.51. The van der Waals surface area contributed by atoms with Gasteiger partial charge in [-0.1, -0.05) is 31.4 Å². The fraction of sp³-hybridized carbons (Fsp3) is 0.632. The monoisotopic (exact) mass is 301 g/mol. The third kappa shape index (κ3) is 4.10. The normalized spacial score (nSPS) is 20.7. The summed E-state index contributed by atoms with van der Waals surface area (Å²) in [5.41, 5.74) is 2.19. The van der Waals surface area contributed by atoms with E-state index in [-0.39, 0.29) is 5.91 Å². The smallest absolute Gasteiger partial charge is 0.251 e. The minimum Gasteiger partial charge on any atom is -0.381 e. The molecule has 0 spiro atoms. The molecule has 1 saturated carbocycles. The molecule has 1 amide bonds. The van der Waals surface area contributed by atoms with Crippen molar-refractivity contribution >= 4 is 5.91 Å². The molecule has 1 aliphatic carbocycles. The van der Waals surface area contributed by atoms with E-state index >= 15 is 0 Å². The van der Waals surface area contributed by atoms with Gasteiger partial charge in [-0.3, -0.25) is 4.79 Å². The first-order valence-electron chi connectivity index (χ1n) is 8.79. The van der Waals surface area contributed by atoms with Crippen molar-refractivity contribution in [3.63, 3.8) is 0 Å². The summed E-state index contributed by atoms with van der Waals surface area (Å²) in [5, 5.41) is 3.07. The topological polar surface area (TPSA) is 38.3 Å². The zero-order valence-electron chi connectivity index (χ0n) is 13.4. The molecule has 0 aromatic heterocycles. The van der Waals surface area contributed by atoms with E-state index in [1.807, 2.05) is 12.1 Å². The molecule has 1 aromatic rings. The van der Waals surface area contributed by atoms with Crippen molar-refractivity contribution in [2.45, 2.75) is 50.9 Å². The van der Waals surface area contributed by atoms with E-state index in [1.54, 1.807) is 0 Å². The first kappa shape index (κ1) is 15.5. The standard InChI is InChI=1S/C19H27NO2/c21-19(20-14-15-10-12-22-13-11-15)18-8-6-17(7-9-18)16-4-2-1-3-5-16/h6-9,15-16H,1-5,10-14H2,(H,20,21). The van der Waals surface area contributed by atoms with Gasteiger partial charge < -0.3 is 10.1 Å². The maximum Gasteiger partial charge on any atom is 0.251 e. The average molecular weight is 301 g/mol. The van der Waals surface area contributed by atoms with Crippen LogP contribution in [0.5, 0.6) is 0 Å². The number of benzene rings is 1. The van der Waals surface area contributed by atoms with Crippen molar-refractivity contribution in [3.05, 3.63) is 35.4 Å². The molecular weight excluding hydrogens is 274 g/mol. The van der Waals surface area contributed by atoms with E-state index < -0.39 is 0 Å². The Morgan fingerprint density at radius 1 is 1.00 bits per heavy atom. The van der Waals surface area contributed by atoms with E-state index in [0.29, 0.717) is 11.8 Å². The van der Waals surface area contributed by atoms with Crippen molar-refractivity contribution in [2.24, 2.45) is 5.92 Å². The van der Waals surface area contributed by atoms with Crippen LogP contribution in [0, 0.1) is 5.92 Å². The lowest BCUT2D eigenvalue weighted by molar-refractivity contribution is 0.0642. The maximum atomic E-state index is 12.2. The van der Waals surface area contributed by atoms with Gasteiger partial charge in [-0.15, -0.1) is 0 Å². The second kappa shape index (κ2) is 7.77. The Kier molecular flexibility index (Phi) is 5.49. The van der Waals surface area contributed by atoms with Crippen LogP contribution in [0.4, 0.5) is 0 Å². The average Bonchev–Trinajstić information content (AvgIpc) is 2.61. The Morgan fingerprint density at radius 3 is 2.36 bits per heavy atom. The van der Waals surface area contributed by atoms with Crippen molar-refractivity contribution in [3.8, 4) is 0 Å². The molecule has 1 saturated heterocycles. The van der Waals surface area contributed by atoms with Gasteiger partial charge in [0.2, 0.25) is 0 Å². The van der Waals surface area contributed by atoms with Crippen LogP contribution in [0.25, 0.3) is 0 Å². The van der Waals surface area contributed by atoms with Crippen molar-refractivity contribution in [2.75, 3.05) is 19.8 Å². The van der Waals surface area contributed by atoms with Crippen LogP contribution in [0.15, 0.2) is 24.3 Å². The maximum absolute atomic E-state index is 12.2. The lowest BCUT2D eigenvalue weighted by Crippen LogP contribution is -2.32. The zero-order valence-corrected chi connectivity index (χ0v) is 13.4. The van der Waals surface area contributed by atoms with E-state index in [4.69, 9.17) is 4.74 Å². The Hall–Kier alpha value is -1.35. The van der Waals surface area contributed by atoms with Crippen LogP contribution >= 0.6 is 0 Å². The predicted molar refractivity (Wildman–Crippen MR) is 88.1 cm³/mol. The van der Waals surface area contributed by atoms with E-state index in [2.05, 4.69) is 17.4 Å². The minimum atomic E-state index is 0.0571. The summed E-state index contributed by atoms with van der Waals surface area (Å²) in [5.74, 6) is 1.33. The van der Waals surface area contributed by atoms with Crippen LogP contribution < -0.4 is 5.32 Å². The molecule has 0 atom stereocenters. The zero-order chi connectivity index (χ0) is 15.2. The highest BCUT2D eigenvalue weighted by Crippen LogP contribution is 2.32. The molecule has 0 radical (unpaired) electrons. The van der Waals surface area contributed by atoms with Gasteiger partial charge in [0.05, 0.1) is 0 Å². The van der Waals surface area contributed by atoms with Gasteiger partial charge in [-0.2, -0.15) is 0 Å². The molecule has 120 valence electrons. The molecule has 0 bridgehead atoms. The molecule has 3 rings (SSSR count). The fourth-order valence-corrected chi connectivity index (χ4v) is 3.63. The molecule has 22 heavy (non-hydrogen) atoms. The highest BCUT2D eigenvalue weighted by atomic mass is 16.5. The minimum absolute atomic E-state index is 0.0571. The summed E-state index contributed by atoms with van der Waals surface area (Å²) < 4.78 is 5.35. The first-order valence-corrected chi connectivity index (χ1v) is 8.79. The third-order valence-corrected chi connectivity index (χ3v) is 5.14. The van der Waals surface area contributed by atoms with Gasteiger partial charge >= 0.3 is 0 Å². The third-order valence-electron chi connectivity index (χ3n) is 5.14. The second-order valence-electron chi connectivity index (χ2n) is 6.72. The molecule has 2 aliphatic rings. The molecular formula is C19H27NO2. The Labute approximate surface area is 133 Å². The number of ether oxygens (including phenoxy) is 1. The SMILES string of the molecule is O=C(NCC1CCOCC1)c1ccc(C2CCCCC2)cc1. The van der Waals surface area contributed by atoms with Gasteiger partial charge in [0, 0.05) is 25.3 Å². The largest absolute Gasteiger partial charge is 0.381 e. The van der Waals surface area contributed by atoms with Gasteiger partial charge in [0.15, 0.2) is 0 Å². The quantitative estimate of drug-likeness (QED) is 0.916. The fourth-order valence-electron chi connectivity index (χ4n) is 3.63. The number of carbonyl (C=O) groups excluding carboxylic acids is 1. The van der Waals surface area contributed by atoms with Gasteiger partial charge in [0.25, 0.3) is 5.91 Å². The van der Waals surface area contributed by atoms with Crippen molar-refractivity contribution in [1.82, 2.24) is 5.32 Å². The number of amides is 1. The molecule has 3 nitrogen and oxygen atoms in total. The Morgan fingerprint density at radius 2 is 1.68 bits per heavy atom. The summed E-state index contributed by atoms with van der Waals surface area (Å²) >= 11 is 0. The molecule has 1 N–H and O–H groups in total. The highest BCUT2D eigenvalue weighted by Gasteiger charge is 2.17. The lowest BCUT2D eigenvalue weighted by atomic mass is 9.84. The molecule has 0 unspecified atom stereocenters. The molecule has 1 aliphatic heterocycles. The second-order valence-corrected chi connectivity index (χ2v) is 6.72. The summed E-state index contributed by atoms with van der Waals surface area (Å²) in [4.78, 5) is 12.2. The summed E-state index contributed by atoms with van der Waals surface area (Å²) in [6.07, 6.45) is 8.78. The van der Waals surface area contributed by atoms with Crippen LogP contribution in [-0.4, -0.2) is 25.7 Å². The summed E-state index contributed by atoms with van der Waals surface area (Å²) in [6, 6.07) is 8.28. The number of rotatable bonds is 4. The molecule has 1 aromatic carbocycles. The number of hydrogen-bond acceptors (Lipinski definition) is 2. The van der Waals surface area contributed by atoms with E-state index in [0.717, 1.165) is 38.2 Å². The number of carbonyl (C=O) groups is 1. The number of hydrogen-bond donors (Lipinski definition) is 1. The van der Waals surface area contributed by atoms with Crippen LogP contribution in [0.1, 0.15) is 66.8 Å². The lowest BCUT2D eigenvalue weighted by Gasteiger charge is -2.23. The van der Waals surface area contributed by atoms with Crippen molar-refractivity contribution < 1.29 is 9.53 Å².